The van der Waals surface area contributed by atoms with E-state index < -0.39 is 20.9 Å². The van der Waals surface area contributed by atoms with Gasteiger partial charge in [-0.25, -0.2) is 8.42 Å². The first-order chi connectivity index (χ1) is 9.32. The Morgan fingerprint density at radius 2 is 1.86 bits per heavy atom. The summed E-state index contributed by atoms with van der Waals surface area (Å²) in [6.45, 7) is 5.91. The van der Waals surface area contributed by atoms with Crippen LogP contribution in [-0.2, 0) is 10.1 Å². The van der Waals surface area contributed by atoms with Crippen LogP contribution in [0.2, 0.25) is 0 Å². The lowest BCUT2D eigenvalue weighted by atomic mass is 10.2. The molecule has 0 heterocycles. The van der Waals surface area contributed by atoms with Gasteiger partial charge >= 0.3 is 0 Å². The second kappa shape index (κ2) is 8.76. The van der Waals surface area contributed by atoms with Gasteiger partial charge in [0.15, 0.2) is 0 Å². The van der Waals surface area contributed by atoms with Crippen LogP contribution in [0.15, 0.2) is 29.2 Å². The van der Waals surface area contributed by atoms with Crippen molar-refractivity contribution in [3.05, 3.63) is 29.8 Å². The van der Waals surface area contributed by atoms with Crippen LogP contribution in [0.25, 0.3) is 0 Å². The van der Waals surface area contributed by atoms with E-state index in [0.717, 1.165) is 12.6 Å². The van der Waals surface area contributed by atoms with Crippen molar-refractivity contribution in [2.45, 2.75) is 26.2 Å². The standard InChI is InChI=1S/C13H20N2O4S.CH4/c1-10(2)9-14-7-8-15-13(16)11-5-3-4-6-12(11)20(17,18)19;/h3-6,10,14H,7-9H2,1-2H3,(H,15,16)(H,17,18,19);1H4/p-1. The molecule has 0 aliphatic rings. The second-order valence-corrected chi connectivity index (χ2v) is 6.15. The highest BCUT2D eigenvalue weighted by molar-refractivity contribution is 7.85. The average Bonchev–Trinajstić information content (AvgIpc) is 2.36. The number of hydrogen-bond acceptors (Lipinski definition) is 5. The quantitative estimate of drug-likeness (QED) is 0.582. The molecule has 7 heteroatoms. The average molecular weight is 315 g/mol. The molecule has 0 atom stereocenters. The molecule has 21 heavy (non-hydrogen) atoms. The van der Waals surface area contributed by atoms with Crippen molar-refractivity contribution in [3.63, 3.8) is 0 Å². The van der Waals surface area contributed by atoms with Crippen LogP contribution in [-0.4, -0.2) is 38.5 Å². The third-order valence-corrected chi connectivity index (χ3v) is 3.44. The lowest BCUT2D eigenvalue weighted by Crippen LogP contribution is -2.33. The number of hydrogen-bond donors (Lipinski definition) is 2. The summed E-state index contributed by atoms with van der Waals surface area (Å²) in [5.74, 6) is -0.0524. The van der Waals surface area contributed by atoms with Crippen LogP contribution in [0, 0.1) is 5.92 Å². The summed E-state index contributed by atoms with van der Waals surface area (Å²) in [7, 11) is -4.65. The van der Waals surface area contributed by atoms with E-state index in [4.69, 9.17) is 0 Å². The Bertz CT molecular complexity index is 556. The molecule has 0 bridgehead atoms. The number of amides is 1. The third-order valence-electron chi connectivity index (χ3n) is 2.54. The predicted molar refractivity (Wildman–Crippen MR) is 81.2 cm³/mol. The summed E-state index contributed by atoms with van der Waals surface area (Å²) in [5.41, 5.74) is -0.119. The highest BCUT2D eigenvalue weighted by atomic mass is 32.2. The van der Waals surface area contributed by atoms with E-state index in [0.29, 0.717) is 19.0 Å². The van der Waals surface area contributed by atoms with Gasteiger partial charge in [0.2, 0.25) is 0 Å². The number of benzene rings is 1. The Morgan fingerprint density at radius 1 is 1.24 bits per heavy atom. The molecule has 0 fully saturated rings. The Kier molecular flexibility index (Phi) is 8.16. The Hall–Kier alpha value is -1.44. The minimum Gasteiger partial charge on any atom is -0.744 e. The largest absolute Gasteiger partial charge is 0.744 e. The maximum absolute atomic E-state index is 11.9. The number of carbonyl (C=O) groups is 1. The molecule has 1 aromatic rings. The fourth-order valence-corrected chi connectivity index (χ4v) is 2.30. The van der Waals surface area contributed by atoms with Crippen LogP contribution < -0.4 is 10.6 Å². The van der Waals surface area contributed by atoms with Crippen molar-refractivity contribution in [2.24, 2.45) is 5.92 Å². The molecule has 0 radical (unpaired) electrons. The molecule has 1 rings (SSSR count). The molecule has 1 amide bonds. The van der Waals surface area contributed by atoms with Crippen LogP contribution in [0.5, 0.6) is 0 Å². The van der Waals surface area contributed by atoms with Gasteiger partial charge < -0.3 is 15.2 Å². The molecule has 0 saturated carbocycles. The SMILES string of the molecule is C.CC(C)CNCCNC(=O)c1ccccc1S(=O)(=O)[O-]. The third kappa shape index (κ3) is 6.70. The van der Waals surface area contributed by atoms with Crippen LogP contribution in [0.4, 0.5) is 0 Å². The topological polar surface area (TPSA) is 98.3 Å². The zero-order chi connectivity index (χ0) is 15.2. The molecule has 6 nitrogen and oxygen atoms in total. The Morgan fingerprint density at radius 3 is 2.43 bits per heavy atom. The summed E-state index contributed by atoms with van der Waals surface area (Å²) in [6, 6.07) is 5.38. The van der Waals surface area contributed by atoms with Gasteiger partial charge in [0.25, 0.3) is 5.91 Å². The summed E-state index contributed by atoms with van der Waals surface area (Å²) in [4.78, 5) is 11.4. The van der Waals surface area contributed by atoms with Gasteiger partial charge in [-0.15, -0.1) is 0 Å². The van der Waals surface area contributed by atoms with Crippen LogP contribution >= 0.6 is 0 Å². The van der Waals surface area contributed by atoms with E-state index in [1.165, 1.54) is 18.2 Å². The summed E-state index contributed by atoms with van der Waals surface area (Å²) < 4.78 is 33.2. The van der Waals surface area contributed by atoms with Gasteiger partial charge in [-0.1, -0.05) is 33.4 Å². The Labute approximate surface area is 126 Å². The molecular weight excluding hydrogens is 292 g/mol. The zero-order valence-electron chi connectivity index (χ0n) is 11.5. The first-order valence-electron chi connectivity index (χ1n) is 6.36. The van der Waals surface area contributed by atoms with Crippen LogP contribution in [0.1, 0.15) is 31.6 Å². The van der Waals surface area contributed by atoms with Crippen molar-refractivity contribution in [2.75, 3.05) is 19.6 Å². The zero-order valence-corrected chi connectivity index (χ0v) is 12.4. The molecule has 0 unspecified atom stereocenters. The smallest absolute Gasteiger partial charge is 0.252 e. The highest BCUT2D eigenvalue weighted by Gasteiger charge is 2.14. The monoisotopic (exact) mass is 315 g/mol. The molecular formula is C14H23N2O4S-. The molecule has 0 saturated heterocycles. The normalized spacial score (nSPS) is 11.0. The van der Waals surface area contributed by atoms with E-state index in [1.807, 2.05) is 0 Å². The van der Waals surface area contributed by atoms with E-state index in [1.54, 1.807) is 0 Å². The summed E-state index contributed by atoms with van der Waals surface area (Å²) >= 11 is 0. The van der Waals surface area contributed by atoms with Crippen molar-refractivity contribution in [3.8, 4) is 0 Å². The highest BCUT2D eigenvalue weighted by Crippen LogP contribution is 2.14. The van der Waals surface area contributed by atoms with E-state index in [-0.39, 0.29) is 13.0 Å². The number of carbonyl (C=O) groups excluding carboxylic acids is 1. The minimum absolute atomic E-state index is 0. The molecule has 120 valence electrons. The van der Waals surface area contributed by atoms with Gasteiger partial charge in [-0.3, -0.25) is 4.79 Å². The van der Waals surface area contributed by atoms with Crippen molar-refractivity contribution >= 4 is 16.0 Å². The molecule has 0 aliphatic heterocycles. The molecule has 1 aromatic carbocycles. The maximum Gasteiger partial charge on any atom is 0.252 e. The first kappa shape index (κ1) is 19.6. The van der Waals surface area contributed by atoms with Crippen molar-refractivity contribution in [1.29, 1.82) is 0 Å². The lowest BCUT2D eigenvalue weighted by molar-refractivity contribution is 0.0950. The predicted octanol–water partition coefficient (Wildman–Crippen LogP) is 1.20. The molecule has 0 aliphatic carbocycles. The maximum atomic E-state index is 11.9. The Balaban J connectivity index is 0.00000400. The molecule has 0 aromatic heterocycles. The second-order valence-electron chi connectivity index (χ2n) is 4.80. The fraction of sp³-hybridized carbons (Fsp3) is 0.500. The molecule has 2 N–H and O–H groups in total. The van der Waals surface area contributed by atoms with E-state index in [2.05, 4.69) is 24.5 Å². The van der Waals surface area contributed by atoms with Gasteiger partial charge in [0.05, 0.1) is 10.5 Å². The van der Waals surface area contributed by atoms with Gasteiger partial charge in [-0.05, 0) is 24.6 Å². The fourth-order valence-electron chi connectivity index (χ4n) is 1.62. The van der Waals surface area contributed by atoms with Gasteiger partial charge in [0, 0.05) is 13.1 Å². The van der Waals surface area contributed by atoms with Crippen LogP contribution in [0.3, 0.4) is 0 Å². The number of rotatable bonds is 7. The first-order valence-corrected chi connectivity index (χ1v) is 7.77. The lowest BCUT2D eigenvalue weighted by Gasteiger charge is -2.13. The van der Waals surface area contributed by atoms with Gasteiger partial charge in [-0.2, -0.15) is 0 Å². The summed E-state index contributed by atoms with van der Waals surface area (Å²) in [6.07, 6.45) is 0. The minimum atomic E-state index is -4.65. The van der Waals surface area contributed by atoms with E-state index >= 15 is 0 Å². The molecule has 0 spiro atoms. The number of nitrogens with one attached hydrogen (secondary N) is 2. The van der Waals surface area contributed by atoms with Crippen molar-refractivity contribution in [1.82, 2.24) is 10.6 Å². The summed E-state index contributed by atoms with van der Waals surface area (Å²) in [5, 5.41) is 5.72. The van der Waals surface area contributed by atoms with E-state index in [9.17, 15) is 17.8 Å². The van der Waals surface area contributed by atoms with Gasteiger partial charge in [0.1, 0.15) is 10.1 Å². The van der Waals surface area contributed by atoms with Crippen molar-refractivity contribution < 1.29 is 17.8 Å².